The molecule has 0 aliphatic rings. The van der Waals surface area contributed by atoms with Gasteiger partial charge in [0.1, 0.15) is 11.1 Å². The fraction of sp³-hybridized carbons (Fsp3) is 0.136. The molecular formula is C22H18N4S. The number of benzene rings is 2. The molecule has 0 saturated carbocycles. The van der Waals surface area contributed by atoms with Gasteiger partial charge >= 0.3 is 0 Å². The number of nitrogens with zero attached hydrogens (tertiary/aromatic N) is 4. The van der Waals surface area contributed by atoms with Gasteiger partial charge in [-0.05, 0) is 23.8 Å². The van der Waals surface area contributed by atoms with E-state index in [0.29, 0.717) is 23.5 Å². The molecule has 132 valence electrons. The number of aromatic nitrogens is 1. The molecule has 0 atom stereocenters. The highest BCUT2D eigenvalue weighted by atomic mass is 32.1. The molecule has 0 saturated heterocycles. The van der Waals surface area contributed by atoms with E-state index in [9.17, 15) is 5.26 Å². The number of hydrogen-bond donors (Lipinski definition) is 0. The Morgan fingerprint density at radius 2 is 1.85 bits per heavy atom. The van der Waals surface area contributed by atoms with Gasteiger partial charge in [-0.25, -0.2) is 4.98 Å². The van der Waals surface area contributed by atoms with E-state index >= 15 is 0 Å². The van der Waals surface area contributed by atoms with Crippen molar-refractivity contribution >= 4 is 28.7 Å². The van der Waals surface area contributed by atoms with Crippen molar-refractivity contribution < 1.29 is 0 Å². The number of thiazole rings is 1. The Morgan fingerprint density at radius 1 is 1.11 bits per heavy atom. The summed E-state index contributed by atoms with van der Waals surface area (Å²) in [5.41, 5.74) is 4.46. The number of nitriles is 2. The molecular weight excluding hydrogens is 352 g/mol. The van der Waals surface area contributed by atoms with Crippen molar-refractivity contribution in [3.05, 3.63) is 70.5 Å². The zero-order chi connectivity index (χ0) is 19.1. The monoisotopic (exact) mass is 370 g/mol. The second-order valence-corrected chi connectivity index (χ2v) is 6.85. The van der Waals surface area contributed by atoms with E-state index in [4.69, 9.17) is 5.26 Å². The molecule has 27 heavy (non-hydrogen) atoms. The minimum atomic E-state index is 0.491. The topological polar surface area (TPSA) is 63.7 Å². The van der Waals surface area contributed by atoms with E-state index < -0.39 is 0 Å². The summed E-state index contributed by atoms with van der Waals surface area (Å²) in [6, 6.07) is 22.3. The molecule has 1 aromatic heterocycles. The molecule has 3 rings (SSSR count). The molecule has 0 N–H and O–H groups in total. The molecule has 0 bridgehead atoms. The Hall–Kier alpha value is -3.41. The lowest BCUT2D eigenvalue weighted by atomic mass is 10.1. The van der Waals surface area contributed by atoms with Crippen molar-refractivity contribution in [3.8, 4) is 23.4 Å². The maximum atomic E-state index is 9.57. The van der Waals surface area contributed by atoms with Crippen LogP contribution >= 0.6 is 11.3 Å². The smallest absolute Gasteiger partial charge is 0.134 e. The fourth-order valence-electron chi connectivity index (χ4n) is 2.62. The minimum absolute atomic E-state index is 0.491. The third kappa shape index (κ3) is 4.61. The second-order valence-electron chi connectivity index (χ2n) is 5.99. The summed E-state index contributed by atoms with van der Waals surface area (Å²) < 4.78 is 0. The average molecular weight is 370 g/mol. The fourth-order valence-corrected chi connectivity index (χ4v) is 3.41. The molecule has 1 heterocycles. The number of anilines is 1. The van der Waals surface area contributed by atoms with E-state index in [2.05, 4.69) is 17.1 Å². The van der Waals surface area contributed by atoms with Crippen LogP contribution in [0.4, 0.5) is 5.69 Å². The number of hydrogen-bond acceptors (Lipinski definition) is 5. The highest BCUT2D eigenvalue weighted by molar-refractivity contribution is 7.11. The van der Waals surface area contributed by atoms with Gasteiger partial charge < -0.3 is 4.90 Å². The lowest BCUT2D eigenvalue weighted by Crippen LogP contribution is -2.17. The molecule has 5 heteroatoms. The van der Waals surface area contributed by atoms with Crippen LogP contribution in [0.25, 0.3) is 22.9 Å². The molecule has 3 aromatic rings. The van der Waals surface area contributed by atoms with Crippen molar-refractivity contribution in [2.75, 3.05) is 18.5 Å². The second kappa shape index (κ2) is 8.80. The van der Waals surface area contributed by atoms with Gasteiger partial charge in [-0.15, -0.1) is 11.3 Å². The van der Waals surface area contributed by atoms with Gasteiger partial charge in [0.25, 0.3) is 0 Å². The van der Waals surface area contributed by atoms with E-state index in [0.717, 1.165) is 22.5 Å². The average Bonchev–Trinajstić information content (AvgIpc) is 3.21. The predicted octanol–water partition coefficient (Wildman–Crippen LogP) is 5.22. The van der Waals surface area contributed by atoms with Crippen molar-refractivity contribution in [1.29, 1.82) is 10.5 Å². The minimum Gasteiger partial charge on any atom is -0.374 e. The Kier molecular flexibility index (Phi) is 5.99. The maximum Gasteiger partial charge on any atom is 0.134 e. The van der Waals surface area contributed by atoms with Gasteiger partial charge in [-0.2, -0.15) is 10.5 Å². The summed E-state index contributed by atoms with van der Waals surface area (Å²) >= 11 is 1.47. The normalized spacial score (nSPS) is 10.9. The van der Waals surface area contributed by atoms with Crippen LogP contribution in [0.3, 0.4) is 0 Å². The quantitative estimate of drug-likeness (QED) is 0.558. The van der Waals surface area contributed by atoms with Gasteiger partial charge in [-0.1, -0.05) is 42.5 Å². The third-order valence-corrected chi connectivity index (χ3v) is 5.00. The molecule has 0 fully saturated rings. The molecule has 0 spiro atoms. The molecule has 0 aliphatic heterocycles. The summed E-state index contributed by atoms with van der Waals surface area (Å²) in [5, 5.41) is 21.0. The highest BCUT2D eigenvalue weighted by Crippen LogP contribution is 2.27. The number of allylic oxidation sites excluding steroid dienone is 1. The molecule has 0 amide bonds. The van der Waals surface area contributed by atoms with Crippen LogP contribution in [0.5, 0.6) is 0 Å². The van der Waals surface area contributed by atoms with Crippen LogP contribution in [-0.4, -0.2) is 18.6 Å². The van der Waals surface area contributed by atoms with Crippen molar-refractivity contribution in [3.63, 3.8) is 0 Å². The van der Waals surface area contributed by atoms with Crippen LogP contribution in [0.2, 0.25) is 0 Å². The SMILES string of the molecule is CN(CCC#N)c1ccc(/C=C(\C#N)c2nc(-c3ccccc3)cs2)cc1. The molecule has 0 aliphatic carbocycles. The predicted molar refractivity (Wildman–Crippen MR) is 111 cm³/mol. The van der Waals surface area contributed by atoms with E-state index in [1.54, 1.807) is 0 Å². The van der Waals surface area contributed by atoms with Gasteiger partial charge in [0.2, 0.25) is 0 Å². The Morgan fingerprint density at radius 3 is 2.52 bits per heavy atom. The Bertz CT molecular complexity index is 1000. The zero-order valence-corrected chi connectivity index (χ0v) is 15.8. The van der Waals surface area contributed by atoms with Gasteiger partial charge in [-0.3, -0.25) is 0 Å². The first kappa shape index (κ1) is 18.4. The van der Waals surface area contributed by atoms with Crippen LogP contribution < -0.4 is 4.90 Å². The first-order valence-electron chi connectivity index (χ1n) is 8.52. The van der Waals surface area contributed by atoms with Crippen LogP contribution in [-0.2, 0) is 0 Å². The summed E-state index contributed by atoms with van der Waals surface area (Å²) in [5.74, 6) is 0. The van der Waals surface area contributed by atoms with Gasteiger partial charge in [0.15, 0.2) is 0 Å². The lowest BCUT2D eigenvalue weighted by molar-refractivity contribution is 0.905. The van der Waals surface area contributed by atoms with E-state index in [1.807, 2.05) is 78.0 Å². The lowest BCUT2D eigenvalue weighted by Gasteiger charge is -2.17. The van der Waals surface area contributed by atoms with Crippen molar-refractivity contribution in [1.82, 2.24) is 4.98 Å². The Labute approximate surface area is 163 Å². The van der Waals surface area contributed by atoms with Crippen LogP contribution in [0, 0.1) is 22.7 Å². The molecule has 2 aromatic carbocycles. The largest absolute Gasteiger partial charge is 0.374 e. The summed E-state index contributed by atoms with van der Waals surface area (Å²) in [7, 11) is 1.96. The van der Waals surface area contributed by atoms with Crippen molar-refractivity contribution in [2.45, 2.75) is 6.42 Å². The maximum absolute atomic E-state index is 9.57. The van der Waals surface area contributed by atoms with Crippen LogP contribution in [0.1, 0.15) is 17.0 Å². The van der Waals surface area contributed by atoms with E-state index in [-0.39, 0.29) is 0 Å². The molecule has 0 radical (unpaired) electrons. The van der Waals surface area contributed by atoms with Gasteiger partial charge in [0.05, 0.1) is 23.8 Å². The summed E-state index contributed by atoms with van der Waals surface area (Å²) in [6.07, 6.45) is 2.34. The highest BCUT2D eigenvalue weighted by Gasteiger charge is 2.09. The van der Waals surface area contributed by atoms with Crippen LogP contribution in [0.15, 0.2) is 60.0 Å². The number of rotatable bonds is 6. The standard InChI is InChI=1S/C22H18N4S/c1-26(13-5-12-23)20-10-8-17(9-11-20)14-19(15-24)22-25-21(16-27-22)18-6-3-2-4-7-18/h2-4,6-11,14,16H,5,13H2,1H3/b19-14+. The molecule has 4 nitrogen and oxygen atoms in total. The summed E-state index contributed by atoms with van der Waals surface area (Å²) in [4.78, 5) is 6.65. The Balaban J connectivity index is 1.80. The first-order valence-corrected chi connectivity index (χ1v) is 9.40. The molecule has 0 unspecified atom stereocenters. The summed E-state index contributed by atoms with van der Waals surface area (Å²) in [6.45, 7) is 0.691. The van der Waals surface area contributed by atoms with E-state index in [1.165, 1.54) is 11.3 Å². The third-order valence-electron chi connectivity index (χ3n) is 4.13. The first-order chi connectivity index (χ1) is 13.2. The zero-order valence-electron chi connectivity index (χ0n) is 15.0. The van der Waals surface area contributed by atoms with Gasteiger partial charge in [0, 0.05) is 30.2 Å². The van der Waals surface area contributed by atoms with Crippen molar-refractivity contribution in [2.24, 2.45) is 0 Å².